The third-order valence-electron chi connectivity index (χ3n) is 3.40. The number of hydrogen-bond donors (Lipinski definition) is 1. The number of benzene rings is 1. The number of carbonyl (C=O) groups is 1. The van der Waals surface area contributed by atoms with Crippen LogP contribution in [0, 0.1) is 17.0 Å². The summed E-state index contributed by atoms with van der Waals surface area (Å²) in [6, 6.07) is 2.85. The van der Waals surface area contributed by atoms with Crippen LogP contribution in [-0.2, 0) is 4.79 Å². The number of non-ortho nitro benzene ring substituents is 1. The van der Waals surface area contributed by atoms with Crippen molar-refractivity contribution in [2.75, 3.05) is 5.32 Å². The Morgan fingerprint density at radius 1 is 1.32 bits per heavy atom. The molecule has 0 bridgehead atoms. The number of halogens is 4. The molecule has 25 heavy (non-hydrogen) atoms. The summed E-state index contributed by atoms with van der Waals surface area (Å²) in [6.07, 6.45) is -2.73. The number of nitrogens with one attached hydrogen (secondary N) is 1. The molecule has 1 heterocycles. The van der Waals surface area contributed by atoms with Gasteiger partial charge in [0.05, 0.1) is 10.6 Å². The zero-order valence-electron chi connectivity index (χ0n) is 13.0. The van der Waals surface area contributed by atoms with E-state index in [4.69, 9.17) is 0 Å². The van der Waals surface area contributed by atoms with E-state index in [0.29, 0.717) is 20.3 Å². The monoisotopic (exact) mass is 480 g/mol. The van der Waals surface area contributed by atoms with E-state index in [1.165, 1.54) is 29.8 Å². The van der Waals surface area contributed by atoms with Gasteiger partial charge in [-0.25, -0.2) is 8.78 Å². The average molecular weight is 482 g/mol. The first kappa shape index (κ1) is 19.4. The number of alkyl halides is 2. The fourth-order valence-electron chi connectivity index (χ4n) is 2.13. The van der Waals surface area contributed by atoms with Gasteiger partial charge in [-0.3, -0.25) is 19.6 Å². The van der Waals surface area contributed by atoms with Crippen LogP contribution in [0.25, 0.3) is 0 Å². The first-order valence-corrected chi connectivity index (χ1v) is 8.49. The number of nitrogens with zero attached hydrogens (tertiary/aromatic N) is 3. The van der Waals surface area contributed by atoms with E-state index in [9.17, 15) is 23.7 Å². The Hall–Kier alpha value is -1.88. The molecule has 0 saturated heterocycles. The van der Waals surface area contributed by atoms with Crippen LogP contribution in [0.5, 0.6) is 0 Å². The van der Waals surface area contributed by atoms with E-state index < -0.39 is 29.0 Å². The minimum Gasteiger partial charge on any atom is -0.322 e. The number of hydrogen-bond acceptors (Lipinski definition) is 4. The van der Waals surface area contributed by atoms with Crippen molar-refractivity contribution >= 4 is 49.1 Å². The van der Waals surface area contributed by atoms with Gasteiger partial charge >= 0.3 is 0 Å². The largest absolute Gasteiger partial charge is 0.322 e. The van der Waals surface area contributed by atoms with Crippen molar-refractivity contribution < 1.29 is 18.5 Å². The number of aromatic nitrogens is 2. The second-order valence-electron chi connectivity index (χ2n) is 5.16. The van der Waals surface area contributed by atoms with Crippen molar-refractivity contribution in [3.05, 3.63) is 48.6 Å². The van der Waals surface area contributed by atoms with Gasteiger partial charge in [0.15, 0.2) is 0 Å². The summed E-state index contributed by atoms with van der Waals surface area (Å²) in [5, 5.41) is 17.2. The van der Waals surface area contributed by atoms with Crippen molar-refractivity contribution in [2.24, 2.45) is 0 Å². The van der Waals surface area contributed by atoms with Gasteiger partial charge < -0.3 is 5.32 Å². The van der Waals surface area contributed by atoms with Gasteiger partial charge in [0.25, 0.3) is 12.1 Å². The van der Waals surface area contributed by atoms with Gasteiger partial charge in [-0.2, -0.15) is 5.10 Å². The molecule has 0 spiro atoms. The number of anilines is 1. The van der Waals surface area contributed by atoms with Crippen molar-refractivity contribution in [3.8, 4) is 0 Å². The van der Waals surface area contributed by atoms with E-state index in [1.807, 2.05) is 0 Å². The summed E-state index contributed by atoms with van der Waals surface area (Å²) >= 11 is 6.33. The maximum absolute atomic E-state index is 12.7. The number of amides is 1. The van der Waals surface area contributed by atoms with Crippen LogP contribution in [-0.4, -0.2) is 20.6 Å². The molecule has 0 radical (unpaired) electrons. The van der Waals surface area contributed by atoms with Gasteiger partial charge in [0, 0.05) is 26.8 Å². The molecule has 0 saturated carbocycles. The molecule has 1 aromatic carbocycles. The Morgan fingerprint density at radius 2 is 1.88 bits per heavy atom. The lowest BCUT2D eigenvalue weighted by atomic mass is 10.2. The highest BCUT2D eigenvalue weighted by Gasteiger charge is 2.23. The first-order valence-electron chi connectivity index (χ1n) is 6.90. The van der Waals surface area contributed by atoms with Crippen LogP contribution in [0.3, 0.4) is 0 Å². The molecule has 0 fully saturated rings. The number of carbonyl (C=O) groups excluding carboxylic acids is 1. The van der Waals surface area contributed by atoms with Gasteiger partial charge in [0.1, 0.15) is 11.7 Å². The summed E-state index contributed by atoms with van der Waals surface area (Å²) in [4.78, 5) is 22.7. The summed E-state index contributed by atoms with van der Waals surface area (Å²) in [7, 11) is 0. The average Bonchev–Trinajstić information content (AvgIpc) is 2.91. The maximum Gasteiger partial charge on any atom is 0.282 e. The van der Waals surface area contributed by atoms with Crippen molar-refractivity contribution in [1.82, 2.24) is 9.78 Å². The minimum atomic E-state index is -2.73. The van der Waals surface area contributed by atoms with Gasteiger partial charge in [-0.1, -0.05) is 0 Å². The molecular weight excluding hydrogens is 470 g/mol. The van der Waals surface area contributed by atoms with Crippen LogP contribution in [0.2, 0.25) is 0 Å². The third-order valence-corrected chi connectivity index (χ3v) is 4.65. The molecule has 2 aromatic rings. The first-order chi connectivity index (χ1) is 11.6. The molecule has 0 aliphatic heterocycles. The molecule has 7 nitrogen and oxygen atoms in total. The highest BCUT2D eigenvalue weighted by Crippen LogP contribution is 2.35. The Kier molecular flexibility index (Phi) is 5.88. The third kappa shape index (κ3) is 4.21. The predicted octanol–water partition coefficient (Wildman–Crippen LogP) is 4.76. The molecule has 1 amide bonds. The van der Waals surface area contributed by atoms with Crippen LogP contribution in [0.1, 0.15) is 30.8 Å². The Morgan fingerprint density at radius 3 is 2.32 bits per heavy atom. The molecule has 1 N–H and O–H groups in total. The van der Waals surface area contributed by atoms with Crippen LogP contribution < -0.4 is 5.32 Å². The van der Waals surface area contributed by atoms with E-state index in [-0.39, 0.29) is 5.69 Å². The lowest BCUT2D eigenvalue weighted by Gasteiger charge is -2.16. The number of nitro groups is 1. The standard InChI is InChI=1S/C14H12Br2F2N4O3/c1-6-3-11(13(17)18)20-21(6)7(2)14(23)19-12-9(15)4-8(22(24)25)5-10(12)16/h3-5,7,13H,1-2H3,(H,19,23). The molecule has 0 aliphatic rings. The second-order valence-corrected chi connectivity index (χ2v) is 6.87. The van der Waals surface area contributed by atoms with Gasteiger partial charge in [0.2, 0.25) is 5.91 Å². The summed E-state index contributed by atoms with van der Waals surface area (Å²) in [5.41, 5.74) is 0.144. The molecule has 11 heteroatoms. The Labute approximate surface area is 157 Å². The van der Waals surface area contributed by atoms with Crippen molar-refractivity contribution in [3.63, 3.8) is 0 Å². The highest BCUT2D eigenvalue weighted by molar-refractivity contribution is 9.11. The van der Waals surface area contributed by atoms with E-state index in [2.05, 4.69) is 42.3 Å². The fraction of sp³-hybridized carbons (Fsp3) is 0.286. The van der Waals surface area contributed by atoms with Crippen LogP contribution in [0.15, 0.2) is 27.1 Å². The van der Waals surface area contributed by atoms with Crippen LogP contribution in [0.4, 0.5) is 20.2 Å². The zero-order valence-corrected chi connectivity index (χ0v) is 16.1. The molecule has 1 atom stereocenters. The van der Waals surface area contributed by atoms with Gasteiger partial charge in [-0.05, 0) is 51.8 Å². The molecule has 1 aromatic heterocycles. The van der Waals surface area contributed by atoms with Crippen molar-refractivity contribution in [2.45, 2.75) is 26.3 Å². The Bertz CT molecular complexity index is 818. The summed E-state index contributed by atoms with van der Waals surface area (Å²) in [6.45, 7) is 3.08. The summed E-state index contributed by atoms with van der Waals surface area (Å²) < 4.78 is 27.3. The summed E-state index contributed by atoms with van der Waals surface area (Å²) in [5.74, 6) is -0.512. The quantitative estimate of drug-likeness (QED) is 0.492. The molecule has 0 aliphatic carbocycles. The molecular formula is C14H12Br2F2N4O3. The van der Waals surface area contributed by atoms with E-state index in [1.54, 1.807) is 6.92 Å². The molecule has 134 valence electrons. The zero-order chi connectivity index (χ0) is 18.9. The number of nitro benzene ring substituents is 1. The molecule has 2 rings (SSSR count). The van der Waals surface area contributed by atoms with Crippen LogP contribution >= 0.6 is 31.9 Å². The van der Waals surface area contributed by atoms with E-state index >= 15 is 0 Å². The molecule has 1 unspecified atom stereocenters. The lowest BCUT2D eigenvalue weighted by molar-refractivity contribution is -0.385. The topological polar surface area (TPSA) is 90.1 Å². The Balaban J connectivity index is 2.26. The van der Waals surface area contributed by atoms with E-state index in [0.717, 1.165) is 0 Å². The minimum absolute atomic E-state index is 0.158. The second kappa shape index (κ2) is 7.56. The normalized spacial score (nSPS) is 12.3. The SMILES string of the molecule is Cc1cc(C(F)F)nn1C(C)C(=O)Nc1c(Br)cc([N+](=O)[O-])cc1Br. The lowest BCUT2D eigenvalue weighted by Crippen LogP contribution is -2.25. The van der Waals surface area contributed by atoms with Crippen molar-refractivity contribution in [1.29, 1.82) is 0 Å². The predicted molar refractivity (Wildman–Crippen MR) is 93.8 cm³/mol. The number of rotatable bonds is 5. The highest BCUT2D eigenvalue weighted by atomic mass is 79.9. The van der Waals surface area contributed by atoms with Gasteiger partial charge in [-0.15, -0.1) is 0 Å². The fourth-order valence-corrected chi connectivity index (χ4v) is 3.49. The smallest absolute Gasteiger partial charge is 0.282 e. The number of aryl methyl sites for hydroxylation is 1. The maximum atomic E-state index is 12.7.